The first-order valence-electron chi connectivity index (χ1n) is 6.32. The van der Waals surface area contributed by atoms with Crippen molar-refractivity contribution in [3.05, 3.63) is 24.3 Å². The summed E-state index contributed by atoms with van der Waals surface area (Å²) in [6, 6.07) is 0. The Hall–Kier alpha value is -1.58. The molecule has 0 aliphatic heterocycles. The van der Waals surface area contributed by atoms with Crippen LogP contribution in [0.4, 0.5) is 0 Å². The molecule has 1 unspecified atom stereocenters. The maximum absolute atomic E-state index is 10.3. The van der Waals surface area contributed by atoms with Gasteiger partial charge in [-0.1, -0.05) is 44.4 Å². The topological polar surface area (TPSA) is 74.6 Å². The monoisotopic (exact) mass is 254 g/mol. The van der Waals surface area contributed by atoms with Crippen molar-refractivity contribution in [2.45, 2.75) is 45.4 Å². The van der Waals surface area contributed by atoms with Gasteiger partial charge in [0.2, 0.25) is 0 Å². The quantitative estimate of drug-likeness (QED) is 0.356. The molecule has 4 nitrogen and oxygen atoms in total. The van der Waals surface area contributed by atoms with Crippen molar-refractivity contribution in [3.8, 4) is 0 Å². The van der Waals surface area contributed by atoms with Crippen LogP contribution in [0.5, 0.6) is 0 Å². The molecule has 0 fully saturated rings. The van der Waals surface area contributed by atoms with Crippen molar-refractivity contribution >= 4 is 11.9 Å². The third kappa shape index (κ3) is 12.5. The Morgan fingerprint density at radius 1 is 1.06 bits per heavy atom. The van der Waals surface area contributed by atoms with E-state index in [1.54, 1.807) is 6.08 Å². The summed E-state index contributed by atoms with van der Waals surface area (Å²) in [5, 5.41) is 16.8. The van der Waals surface area contributed by atoms with Crippen LogP contribution in [0.15, 0.2) is 24.3 Å². The minimum Gasteiger partial charge on any atom is -0.481 e. The molecule has 0 saturated heterocycles. The van der Waals surface area contributed by atoms with E-state index in [-0.39, 0.29) is 6.42 Å². The largest absolute Gasteiger partial charge is 0.481 e. The Morgan fingerprint density at radius 2 is 1.72 bits per heavy atom. The standard InChI is InChI=1S/C14H22O4/c1-12(9-6-7-11-14(17)18)8-4-2-3-5-10-13(15)16/h6-7,9,11-12H,2-5,8,10H2,1H3,(H,15,16)(H,17,18). The molecule has 0 amide bonds. The summed E-state index contributed by atoms with van der Waals surface area (Å²) < 4.78 is 0. The molecule has 0 aromatic rings. The summed E-state index contributed by atoms with van der Waals surface area (Å²) in [6.07, 6.45) is 11.5. The first-order valence-corrected chi connectivity index (χ1v) is 6.32. The van der Waals surface area contributed by atoms with Crippen LogP contribution in [-0.2, 0) is 9.59 Å². The second kappa shape index (κ2) is 10.6. The fourth-order valence-electron chi connectivity index (χ4n) is 1.58. The van der Waals surface area contributed by atoms with E-state index < -0.39 is 11.9 Å². The van der Waals surface area contributed by atoms with Crippen molar-refractivity contribution in [3.63, 3.8) is 0 Å². The van der Waals surface area contributed by atoms with Gasteiger partial charge in [-0.2, -0.15) is 0 Å². The molecular weight excluding hydrogens is 232 g/mol. The van der Waals surface area contributed by atoms with Crippen LogP contribution < -0.4 is 0 Å². The van der Waals surface area contributed by atoms with E-state index in [1.807, 2.05) is 6.08 Å². The van der Waals surface area contributed by atoms with Gasteiger partial charge in [-0.15, -0.1) is 0 Å². The van der Waals surface area contributed by atoms with Gasteiger partial charge in [-0.05, 0) is 18.8 Å². The predicted molar refractivity (Wildman–Crippen MR) is 70.4 cm³/mol. The highest BCUT2D eigenvalue weighted by molar-refractivity contribution is 5.80. The first kappa shape index (κ1) is 16.4. The summed E-state index contributed by atoms with van der Waals surface area (Å²) in [4.78, 5) is 20.5. The van der Waals surface area contributed by atoms with Crippen LogP contribution in [0.25, 0.3) is 0 Å². The predicted octanol–water partition coefficient (Wildman–Crippen LogP) is 3.24. The van der Waals surface area contributed by atoms with Crippen molar-refractivity contribution < 1.29 is 19.8 Å². The summed E-state index contributed by atoms with van der Waals surface area (Å²) in [5.41, 5.74) is 0. The zero-order valence-electron chi connectivity index (χ0n) is 10.8. The average molecular weight is 254 g/mol. The highest BCUT2D eigenvalue weighted by Crippen LogP contribution is 2.12. The van der Waals surface area contributed by atoms with E-state index in [2.05, 4.69) is 6.92 Å². The van der Waals surface area contributed by atoms with Crippen LogP contribution in [0.2, 0.25) is 0 Å². The molecule has 0 spiro atoms. The molecular formula is C14H22O4. The SMILES string of the molecule is CC(C=CC=CC(=O)O)CCCCCCC(=O)O. The van der Waals surface area contributed by atoms with Crippen molar-refractivity contribution in [2.24, 2.45) is 5.92 Å². The van der Waals surface area contributed by atoms with E-state index in [4.69, 9.17) is 10.2 Å². The summed E-state index contributed by atoms with van der Waals surface area (Å²) in [5.74, 6) is -1.25. The molecule has 1 atom stereocenters. The molecule has 0 saturated carbocycles. The molecule has 4 heteroatoms. The van der Waals surface area contributed by atoms with E-state index in [0.29, 0.717) is 5.92 Å². The van der Waals surface area contributed by atoms with Crippen molar-refractivity contribution in [1.82, 2.24) is 0 Å². The van der Waals surface area contributed by atoms with Crippen LogP contribution in [0.3, 0.4) is 0 Å². The van der Waals surface area contributed by atoms with Crippen LogP contribution >= 0.6 is 0 Å². The number of rotatable bonds is 10. The van der Waals surface area contributed by atoms with Gasteiger partial charge in [0, 0.05) is 12.5 Å². The van der Waals surface area contributed by atoms with Gasteiger partial charge in [0.25, 0.3) is 0 Å². The summed E-state index contributed by atoms with van der Waals surface area (Å²) in [7, 11) is 0. The van der Waals surface area contributed by atoms with Gasteiger partial charge < -0.3 is 10.2 Å². The van der Waals surface area contributed by atoms with Gasteiger partial charge in [0.15, 0.2) is 0 Å². The zero-order valence-corrected chi connectivity index (χ0v) is 10.8. The third-order valence-electron chi connectivity index (χ3n) is 2.59. The smallest absolute Gasteiger partial charge is 0.328 e. The van der Waals surface area contributed by atoms with Crippen LogP contribution in [-0.4, -0.2) is 22.2 Å². The summed E-state index contributed by atoms with van der Waals surface area (Å²) in [6.45, 7) is 2.09. The van der Waals surface area contributed by atoms with Gasteiger partial charge >= 0.3 is 11.9 Å². The second-order valence-corrected chi connectivity index (χ2v) is 4.41. The Labute approximate surface area is 108 Å². The van der Waals surface area contributed by atoms with Crippen LogP contribution in [0, 0.1) is 5.92 Å². The lowest BCUT2D eigenvalue weighted by atomic mass is 10.0. The van der Waals surface area contributed by atoms with Crippen molar-refractivity contribution in [1.29, 1.82) is 0 Å². The number of aliphatic carboxylic acids is 2. The van der Waals surface area contributed by atoms with Crippen LogP contribution in [0.1, 0.15) is 45.4 Å². The maximum atomic E-state index is 10.3. The minimum atomic E-state index is -0.939. The Morgan fingerprint density at radius 3 is 2.33 bits per heavy atom. The lowest BCUT2D eigenvalue weighted by Gasteiger charge is -2.05. The molecule has 2 N–H and O–H groups in total. The number of carboxylic acids is 2. The molecule has 0 aromatic carbocycles. The van der Waals surface area contributed by atoms with E-state index >= 15 is 0 Å². The normalized spacial score (nSPS) is 13.2. The third-order valence-corrected chi connectivity index (χ3v) is 2.59. The van der Waals surface area contributed by atoms with E-state index in [0.717, 1.165) is 38.2 Å². The molecule has 0 rings (SSSR count). The highest BCUT2D eigenvalue weighted by Gasteiger charge is 1.99. The lowest BCUT2D eigenvalue weighted by Crippen LogP contribution is -1.94. The number of hydrogen-bond acceptors (Lipinski definition) is 2. The minimum absolute atomic E-state index is 0.259. The Kier molecular flexibility index (Phi) is 9.64. The van der Waals surface area contributed by atoms with Gasteiger partial charge in [0.1, 0.15) is 0 Å². The molecule has 0 bridgehead atoms. The number of hydrogen-bond donors (Lipinski definition) is 2. The number of carbonyl (C=O) groups is 2. The molecule has 0 aliphatic rings. The fourth-order valence-corrected chi connectivity index (χ4v) is 1.58. The lowest BCUT2D eigenvalue weighted by molar-refractivity contribution is -0.137. The maximum Gasteiger partial charge on any atom is 0.328 e. The fraction of sp³-hybridized carbons (Fsp3) is 0.571. The van der Waals surface area contributed by atoms with Gasteiger partial charge in [-0.25, -0.2) is 4.79 Å². The first-order chi connectivity index (χ1) is 8.52. The molecule has 0 heterocycles. The van der Waals surface area contributed by atoms with Crippen molar-refractivity contribution in [2.75, 3.05) is 0 Å². The zero-order chi connectivity index (χ0) is 13.8. The summed E-state index contributed by atoms with van der Waals surface area (Å²) >= 11 is 0. The van der Waals surface area contributed by atoms with E-state index in [1.165, 1.54) is 6.08 Å². The van der Waals surface area contributed by atoms with E-state index in [9.17, 15) is 9.59 Å². The Balaban J connectivity index is 3.50. The number of allylic oxidation sites excluding steroid dienone is 3. The average Bonchev–Trinajstić information content (AvgIpc) is 2.28. The number of unbranched alkanes of at least 4 members (excludes halogenated alkanes) is 3. The molecule has 0 aromatic heterocycles. The highest BCUT2D eigenvalue weighted by atomic mass is 16.4. The molecule has 18 heavy (non-hydrogen) atoms. The molecule has 0 radical (unpaired) electrons. The Bertz CT molecular complexity index is 305. The molecule has 102 valence electrons. The van der Waals surface area contributed by atoms with Gasteiger partial charge in [0.05, 0.1) is 0 Å². The van der Waals surface area contributed by atoms with Gasteiger partial charge in [-0.3, -0.25) is 4.79 Å². The number of carboxylic acid groups (broad SMARTS) is 2. The molecule has 0 aliphatic carbocycles. The second-order valence-electron chi connectivity index (χ2n) is 4.41.